The molecule has 3 aromatic rings. The first-order valence-electron chi connectivity index (χ1n) is 7.81. The van der Waals surface area contributed by atoms with E-state index in [2.05, 4.69) is 0 Å². The van der Waals surface area contributed by atoms with E-state index in [-0.39, 0.29) is 12.6 Å². The minimum Gasteiger partial charge on any atom is -0.493 e. The van der Waals surface area contributed by atoms with Gasteiger partial charge in [0, 0.05) is 6.07 Å². The molecular weight excluding hydrogens is 322 g/mol. The van der Waals surface area contributed by atoms with Crippen molar-refractivity contribution in [3.63, 3.8) is 0 Å². The van der Waals surface area contributed by atoms with Crippen LogP contribution in [0.25, 0.3) is 16.5 Å². The number of nitrogens with zero attached hydrogens (tertiary/aromatic N) is 1. The Kier molecular flexibility index (Phi) is 2.74. The van der Waals surface area contributed by atoms with Gasteiger partial charge in [-0.25, -0.2) is 0 Å². The van der Waals surface area contributed by atoms with Gasteiger partial charge in [0.05, 0.1) is 19.6 Å². The second kappa shape index (κ2) is 4.86. The molecule has 0 spiro atoms. The molecule has 1 aromatic heterocycles. The predicted octanol–water partition coefficient (Wildman–Crippen LogP) is 2.41. The maximum atomic E-state index is 13.1. The van der Waals surface area contributed by atoms with E-state index in [9.17, 15) is 4.79 Å². The summed E-state index contributed by atoms with van der Waals surface area (Å²) < 4.78 is 23.7. The Morgan fingerprint density at radius 2 is 1.84 bits per heavy atom. The molecular formula is C19H14NO5+. The number of aromatic nitrogens is 1. The van der Waals surface area contributed by atoms with Crippen molar-refractivity contribution in [1.29, 1.82) is 0 Å². The number of benzene rings is 2. The van der Waals surface area contributed by atoms with Gasteiger partial charge in [0.25, 0.3) is 17.2 Å². The van der Waals surface area contributed by atoms with Crippen LogP contribution < -0.4 is 23.5 Å². The second-order valence-corrected chi connectivity index (χ2v) is 5.85. The maximum absolute atomic E-state index is 13.1. The first-order chi connectivity index (χ1) is 12.2. The molecule has 25 heavy (non-hydrogen) atoms. The van der Waals surface area contributed by atoms with E-state index in [1.54, 1.807) is 26.4 Å². The summed E-state index contributed by atoms with van der Waals surface area (Å²) in [4.78, 5) is 13.1. The molecule has 0 radical (unpaired) electrons. The SMILES string of the molecule is COc1ccc2c(c1OC)-[n+]1ccc3cc4c(cc3c1C2=O)OCO4. The van der Waals surface area contributed by atoms with Crippen LogP contribution in [0.5, 0.6) is 23.0 Å². The Labute approximate surface area is 143 Å². The van der Waals surface area contributed by atoms with Gasteiger partial charge >= 0.3 is 0 Å². The zero-order valence-corrected chi connectivity index (χ0v) is 13.7. The number of carbonyl (C=O) groups excluding carboxylic acids is 1. The van der Waals surface area contributed by atoms with Crippen molar-refractivity contribution in [2.75, 3.05) is 21.0 Å². The van der Waals surface area contributed by atoms with Crippen LogP contribution in [0.15, 0.2) is 36.5 Å². The number of hydrogen-bond acceptors (Lipinski definition) is 5. The summed E-state index contributed by atoms with van der Waals surface area (Å²) in [5, 5.41) is 1.73. The largest absolute Gasteiger partial charge is 0.493 e. The van der Waals surface area contributed by atoms with Gasteiger partial charge in [-0.05, 0) is 29.7 Å². The quantitative estimate of drug-likeness (QED) is 0.526. The van der Waals surface area contributed by atoms with Gasteiger partial charge in [-0.2, -0.15) is 4.57 Å². The molecule has 0 aliphatic carbocycles. The van der Waals surface area contributed by atoms with Gasteiger partial charge in [0.15, 0.2) is 23.4 Å². The number of methoxy groups -OCH3 is 2. The Morgan fingerprint density at radius 1 is 1.04 bits per heavy atom. The molecule has 124 valence electrons. The fraction of sp³-hybridized carbons (Fsp3) is 0.158. The number of rotatable bonds is 2. The molecule has 0 unspecified atom stereocenters. The van der Waals surface area contributed by atoms with Crippen LogP contribution in [0.2, 0.25) is 0 Å². The number of hydrogen-bond donors (Lipinski definition) is 0. The summed E-state index contributed by atoms with van der Waals surface area (Å²) in [5.74, 6) is 2.41. The number of pyridine rings is 1. The molecule has 0 bridgehead atoms. The molecule has 2 aliphatic heterocycles. The lowest BCUT2D eigenvalue weighted by Crippen LogP contribution is -2.32. The van der Waals surface area contributed by atoms with E-state index in [1.807, 2.05) is 29.0 Å². The average molecular weight is 336 g/mol. The van der Waals surface area contributed by atoms with Crippen LogP contribution >= 0.6 is 0 Å². The highest BCUT2D eigenvalue weighted by Gasteiger charge is 2.41. The lowest BCUT2D eigenvalue weighted by molar-refractivity contribution is -0.592. The van der Waals surface area contributed by atoms with Crippen LogP contribution in [0.1, 0.15) is 16.1 Å². The third-order valence-electron chi connectivity index (χ3n) is 4.66. The summed E-state index contributed by atoms with van der Waals surface area (Å²) in [5.41, 5.74) is 1.86. The van der Waals surface area contributed by atoms with Crippen molar-refractivity contribution < 1.29 is 28.3 Å². The van der Waals surface area contributed by atoms with E-state index in [1.165, 1.54) is 0 Å². The normalized spacial score (nSPS) is 13.8. The second-order valence-electron chi connectivity index (χ2n) is 5.85. The number of ketones is 1. The summed E-state index contributed by atoms with van der Waals surface area (Å²) in [6.45, 7) is 0.195. The monoisotopic (exact) mass is 336 g/mol. The number of ether oxygens (including phenoxy) is 4. The van der Waals surface area contributed by atoms with E-state index < -0.39 is 0 Å². The minimum atomic E-state index is -0.0552. The van der Waals surface area contributed by atoms with Gasteiger partial charge in [-0.15, -0.1) is 0 Å². The van der Waals surface area contributed by atoms with E-state index >= 15 is 0 Å². The Morgan fingerprint density at radius 3 is 2.60 bits per heavy atom. The molecule has 0 N–H and O–H groups in total. The molecule has 6 nitrogen and oxygen atoms in total. The maximum Gasteiger partial charge on any atom is 0.269 e. The zero-order valence-electron chi connectivity index (χ0n) is 13.7. The lowest BCUT2D eigenvalue weighted by Gasteiger charge is -2.08. The fourth-order valence-electron chi connectivity index (χ4n) is 3.54. The third-order valence-corrected chi connectivity index (χ3v) is 4.66. The molecule has 0 saturated heterocycles. The van der Waals surface area contributed by atoms with Gasteiger partial charge in [0.1, 0.15) is 5.56 Å². The summed E-state index contributed by atoms with van der Waals surface area (Å²) in [7, 11) is 3.15. The smallest absolute Gasteiger partial charge is 0.269 e. The Bertz CT molecular complexity index is 1070. The van der Waals surface area contributed by atoms with E-state index in [4.69, 9.17) is 18.9 Å². The molecule has 2 aromatic carbocycles. The first kappa shape index (κ1) is 14.1. The molecule has 0 amide bonds. The van der Waals surface area contributed by atoms with Crippen LogP contribution in [-0.2, 0) is 0 Å². The van der Waals surface area contributed by atoms with Crippen molar-refractivity contribution in [3.05, 3.63) is 47.8 Å². The zero-order chi connectivity index (χ0) is 17.1. The first-order valence-corrected chi connectivity index (χ1v) is 7.81. The highest BCUT2D eigenvalue weighted by molar-refractivity contribution is 6.18. The standard InChI is InChI=1S/C19H14NO5/c1-22-13-4-3-11-17(19(13)23-2)20-6-5-10-7-14-15(25-9-24-14)8-12(10)16(20)18(11)21/h3-8H,9H2,1-2H3/q+1. The molecule has 2 aliphatic rings. The molecule has 3 heterocycles. The van der Waals surface area contributed by atoms with E-state index in [0.717, 1.165) is 10.8 Å². The van der Waals surface area contributed by atoms with Crippen LogP contribution in [0.3, 0.4) is 0 Å². The van der Waals surface area contributed by atoms with Crippen molar-refractivity contribution in [2.45, 2.75) is 0 Å². The average Bonchev–Trinajstić information content (AvgIpc) is 3.21. The lowest BCUT2D eigenvalue weighted by atomic mass is 10.0. The van der Waals surface area contributed by atoms with Gasteiger partial charge < -0.3 is 18.9 Å². The molecule has 0 saturated carbocycles. The van der Waals surface area contributed by atoms with Gasteiger partial charge in [-0.3, -0.25) is 4.79 Å². The summed E-state index contributed by atoms with van der Waals surface area (Å²) in [6, 6.07) is 9.22. The van der Waals surface area contributed by atoms with Crippen LogP contribution in [0, 0.1) is 0 Å². The highest BCUT2D eigenvalue weighted by atomic mass is 16.7. The highest BCUT2D eigenvalue weighted by Crippen LogP contribution is 2.41. The number of fused-ring (bicyclic) bond motifs is 6. The van der Waals surface area contributed by atoms with Crippen molar-refractivity contribution in [1.82, 2.24) is 0 Å². The fourth-order valence-corrected chi connectivity index (χ4v) is 3.54. The predicted molar refractivity (Wildman–Crippen MR) is 88.1 cm³/mol. The number of carbonyl (C=O) groups is 1. The summed E-state index contributed by atoms with van der Waals surface area (Å²) >= 11 is 0. The third kappa shape index (κ3) is 1.73. The molecule has 6 heteroatoms. The summed E-state index contributed by atoms with van der Waals surface area (Å²) in [6.07, 6.45) is 1.87. The molecule has 0 fully saturated rings. The van der Waals surface area contributed by atoms with Gasteiger partial charge in [0.2, 0.25) is 12.5 Å². The van der Waals surface area contributed by atoms with Gasteiger partial charge in [-0.1, -0.05) is 0 Å². The molecule has 5 rings (SSSR count). The van der Waals surface area contributed by atoms with E-state index in [0.29, 0.717) is 39.9 Å². The van der Waals surface area contributed by atoms with Crippen LogP contribution in [-0.4, -0.2) is 26.8 Å². The Balaban J connectivity index is 1.86. The van der Waals surface area contributed by atoms with Crippen LogP contribution in [0.4, 0.5) is 0 Å². The molecule has 0 atom stereocenters. The van der Waals surface area contributed by atoms with Crippen molar-refractivity contribution in [3.8, 4) is 28.7 Å². The van der Waals surface area contributed by atoms with Crippen molar-refractivity contribution in [2.24, 2.45) is 0 Å². The van der Waals surface area contributed by atoms with Crippen molar-refractivity contribution >= 4 is 16.6 Å². The minimum absolute atomic E-state index is 0.0552. The topological polar surface area (TPSA) is 57.9 Å². The Hall–Kier alpha value is -3.28.